The minimum atomic E-state index is -0.236. The Morgan fingerprint density at radius 2 is 1.80 bits per heavy atom. The lowest BCUT2D eigenvalue weighted by atomic mass is 9.98. The highest BCUT2D eigenvalue weighted by Gasteiger charge is 2.21. The summed E-state index contributed by atoms with van der Waals surface area (Å²) in [7, 11) is 2.06. The molecule has 0 heterocycles. The van der Waals surface area contributed by atoms with Gasteiger partial charge in [-0.2, -0.15) is 0 Å². The monoisotopic (exact) mass is 284 g/mol. The van der Waals surface area contributed by atoms with Gasteiger partial charge in [-0.1, -0.05) is 33.8 Å². The van der Waals surface area contributed by atoms with Crippen LogP contribution < -0.4 is 5.73 Å². The largest absolute Gasteiger partial charge is 0.463 e. The Bertz CT molecular complexity index is 324. The summed E-state index contributed by atoms with van der Waals surface area (Å²) in [4.78, 5) is 13.9. The smallest absolute Gasteiger partial charge is 0.333 e. The summed E-state index contributed by atoms with van der Waals surface area (Å²) < 4.78 is 5.03. The van der Waals surface area contributed by atoms with E-state index in [0.717, 1.165) is 6.54 Å². The van der Waals surface area contributed by atoms with Crippen LogP contribution in [0.2, 0.25) is 0 Å². The maximum Gasteiger partial charge on any atom is 0.333 e. The average Bonchev–Trinajstić information content (AvgIpc) is 2.34. The zero-order valence-corrected chi connectivity index (χ0v) is 14.1. The fourth-order valence-corrected chi connectivity index (χ4v) is 2.06. The number of nitrogens with zero attached hydrogens (tertiary/aromatic N) is 1. The molecule has 0 aromatic carbocycles. The van der Waals surface area contributed by atoms with Gasteiger partial charge in [0.05, 0.1) is 6.61 Å². The molecule has 0 rings (SSSR count). The van der Waals surface area contributed by atoms with E-state index < -0.39 is 0 Å². The van der Waals surface area contributed by atoms with Crippen molar-refractivity contribution in [2.75, 3.05) is 20.2 Å². The highest BCUT2D eigenvalue weighted by molar-refractivity contribution is 5.87. The number of esters is 1. The molecule has 0 bridgehead atoms. The van der Waals surface area contributed by atoms with Crippen molar-refractivity contribution < 1.29 is 9.53 Å². The summed E-state index contributed by atoms with van der Waals surface area (Å²) in [6, 6.07) is 0.321. The van der Waals surface area contributed by atoms with Crippen LogP contribution in [0.5, 0.6) is 0 Å². The number of hydrogen-bond donors (Lipinski definition) is 1. The van der Waals surface area contributed by atoms with Gasteiger partial charge in [0.15, 0.2) is 0 Å². The molecule has 0 aromatic heterocycles. The number of ether oxygens (including phenoxy) is 1. The van der Waals surface area contributed by atoms with Crippen LogP contribution in [-0.2, 0) is 9.53 Å². The number of nitrogens with two attached hydrogens (primary N) is 1. The van der Waals surface area contributed by atoms with Crippen LogP contribution >= 0.6 is 0 Å². The minimum absolute atomic E-state index is 0.137. The minimum Gasteiger partial charge on any atom is -0.463 e. The van der Waals surface area contributed by atoms with Gasteiger partial charge in [-0.25, -0.2) is 4.79 Å². The third-order valence-corrected chi connectivity index (χ3v) is 3.57. The van der Waals surface area contributed by atoms with Crippen molar-refractivity contribution >= 4 is 5.97 Å². The van der Waals surface area contributed by atoms with Crippen molar-refractivity contribution in [2.45, 2.75) is 53.6 Å². The molecule has 118 valence electrons. The Hall–Kier alpha value is -0.870. The molecular formula is C16H32N2O2. The van der Waals surface area contributed by atoms with Gasteiger partial charge >= 0.3 is 5.97 Å². The first-order valence-electron chi connectivity index (χ1n) is 7.52. The Morgan fingerprint density at radius 3 is 2.20 bits per heavy atom. The van der Waals surface area contributed by atoms with Crippen molar-refractivity contribution in [1.29, 1.82) is 0 Å². The molecule has 0 aromatic rings. The van der Waals surface area contributed by atoms with E-state index in [-0.39, 0.29) is 18.1 Å². The number of rotatable bonds is 8. The Morgan fingerprint density at radius 1 is 1.25 bits per heavy atom. The summed E-state index contributed by atoms with van der Waals surface area (Å²) in [5.74, 6) is 0.615. The number of likely N-dealkylation sites (N-methyl/N-ethyl adjacent to an activating group) is 1. The number of carbonyl (C=O) groups excluding carboxylic acids is 1. The molecule has 0 aliphatic heterocycles. The van der Waals surface area contributed by atoms with Crippen molar-refractivity contribution in [3.63, 3.8) is 0 Å². The molecule has 4 nitrogen and oxygen atoms in total. The van der Waals surface area contributed by atoms with Gasteiger partial charge in [0, 0.05) is 24.2 Å². The molecule has 2 N–H and O–H groups in total. The van der Waals surface area contributed by atoms with Crippen LogP contribution in [0.25, 0.3) is 0 Å². The first-order valence-corrected chi connectivity index (χ1v) is 7.52. The van der Waals surface area contributed by atoms with Crippen molar-refractivity contribution in [3.05, 3.63) is 11.6 Å². The first-order chi connectivity index (χ1) is 9.20. The van der Waals surface area contributed by atoms with Gasteiger partial charge in [0.25, 0.3) is 0 Å². The van der Waals surface area contributed by atoms with Gasteiger partial charge in [-0.05, 0) is 32.7 Å². The number of carbonyl (C=O) groups is 1. The quantitative estimate of drug-likeness (QED) is 0.549. The standard InChI is InChI=1S/C16H32N2O2/c1-8-20-16(19)13(6)9-15(12(4)5)18(7)10-14(17)11(2)3/h9,11-12,14-15H,8,10,17H2,1-7H3/b13-9+. The molecule has 0 aliphatic carbocycles. The molecule has 0 aliphatic rings. The molecule has 0 saturated carbocycles. The Kier molecular flexibility index (Phi) is 8.74. The summed E-state index contributed by atoms with van der Waals surface area (Å²) in [6.07, 6.45) is 2.00. The lowest BCUT2D eigenvalue weighted by Gasteiger charge is -2.32. The third-order valence-electron chi connectivity index (χ3n) is 3.57. The molecule has 0 amide bonds. The summed E-state index contributed by atoms with van der Waals surface area (Å²) in [5, 5.41) is 0. The summed E-state index contributed by atoms with van der Waals surface area (Å²) in [5.41, 5.74) is 6.80. The SMILES string of the molecule is CCOC(=O)/C(C)=C/C(C(C)C)N(C)CC(N)C(C)C. The molecule has 0 radical (unpaired) electrons. The predicted octanol–water partition coefficient (Wildman–Crippen LogP) is 2.44. The topological polar surface area (TPSA) is 55.6 Å². The second-order valence-corrected chi connectivity index (χ2v) is 6.15. The van der Waals surface area contributed by atoms with Crippen LogP contribution in [0.15, 0.2) is 11.6 Å². The fraction of sp³-hybridized carbons (Fsp3) is 0.812. The molecule has 0 spiro atoms. The van der Waals surface area contributed by atoms with E-state index in [0.29, 0.717) is 24.0 Å². The molecule has 0 saturated heterocycles. The highest BCUT2D eigenvalue weighted by atomic mass is 16.5. The van der Waals surface area contributed by atoms with Crippen molar-refractivity contribution in [3.8, 4) is 0 Å². The maximum atomic E-state index is 11.7. The average molecular weight is 284 g/mol. The zero-order chi connectivity index (χ0) is 15.9. The van der Waals surface area contributed by atoms with E-state index in [2.05, 4.69) is 39.6 Å². The van der Waals surface area contributed by atoms with Crippen LogP contribution in [0, 0.1) is 11.8 Å². The van der Waals surface area contributed by atoms with E-state index in [4.69, 9.17) is 10.5 Å². The van der Waals surface area contributed by atoms with Crippen LogP contribution in [0.3, 0.4) is 0 Å². The van der Waals surface area contributed by atoms with Gasteiger partial charge in [-0.15, -0.1) is 0 Å². The van der Waals surface area contributed by atoms with Crippen LogP contribution in [0.1, 0.15) is 41.5 Å². The van der Waals surface area contributed by atoms with Gasteiger partial charge in [-0.3, -0.25) is 4.90 Å². The molecule has 0 fully saturated rings. The maximum absolute atomic E-state index is 11.7. The lowest BCUT2D eigenvalue weighted by molar-refractivity contribution is -0.138. The summed E-state index contributed by atoms with van der Waals surface area (Å²) >= 11 is 0. The lowest BCUT2D eigenvalue weighted by Crippen LogP contribution is -2.44. The molecule has 20 heavy (non-hydrogen) atoms. The highest BCUT2D eigenvalue weighted by Crippen LogP contribution is 2.15. The van der Waals surface area contributed by atoms with Crippen molar-refractivity contribution in [2.24, 2.45) is 17.6 Å². The molecular weight excluding hydrogens is 252 g/mol. The molecule has 2 atom stereocenters. The third kappa shape index (κ3) is 6.53. The second kappa shape index (κ2) is 9.14. The van der Waals surface area contributed by atoms with Crippen molar-refractivity contribution in [1.82, 2.24) is 4.90 Å². The molecule has 4 heteroatoms. The van der Waals surface area contributed by atoms with Gasteiger partial charge < -0.3 is 10.5 Å². The molecule has 2 unspecified atom stereocenters. The van der Waals surface area contributed by atoms with Gasteiger partial charge in [0.1, 0.15) is 0 Å². The van der Waals surface area contributed by atoms with E-state index in [1.807, 2.05) is 19.9 Å². The van der Waals surface area contributed by atoms with E-state index in [1.54, 1.807) is 0 Å². The zero-order valence-electron chi connectivity index (χ0n) is 14.1. The number of hydrogen-bond acceptors (Lipinski definition) is 4. The normalized spacial score (nSPS) is 15.8. The Labute approximate surface area is 124 Å². The predicted molar refractivity (Wildman–Crippen MR) is 84.5 cm³/mol. The summed E-state index contributed by atoms with van der Waals surface area (Å²) in [6.45, 7) is 13.4. The van der Waals surface area contributed by atoms with E-state index >= 15 is 0 Å². The van der Waals surface area contributed by atoms with E-state index in [1.165, 1.54) is 0 Å². The first kappa shape index (κ1) is 19.1. The second-order valence-electron chi connectivity index (χ2n) is 6.15. The van der Waals surface area contributed by atoms with E-state index in [9.17, 15) is 4.79 Å². The Balaban J connectivity index is 4.88. The fourth-order valence-electron chi connectivity index (χ4n) is 2.06. The van der Waals surface area contributed by atoms with Crippen LogP contribution in [0.4, 0.5) is 0 Å². The van der Waals surface area contributed by atoms with Crippen LogP contribution in [-0.4, -0.2) is 43.2 Å². The van der Waals surface area contributed by atoms with Gasteiger partial charge in [0.2, 0.25) is 0 Å².